The predicted molar refractivity (Wildman–Crippen MR) is 62.6 cm³/mol. The van der Waals surface area contributed by atoms with Gasteiger partial charge in [-0.2, -0.15) is 0 Å². The summed E-state index contributed by atoms with van der Waals surface area (Å²) in [5.74, 6) is 0. The first kappa shape index (κ1) is 11.4. The second kappa shape index (κ2) is 6.69. The lowest BCUT2D eigenvalue weighted by atomic mass is 10.2. The van der Waals surface area contributed by atoms with Crippen molar-refractivity contribution in [3.8, 4) is 0 Å². The molecule has 0 aliphatic rings. The van der Waals surface area contributed by atoms with Crippen LogP contribution in [0.2, 0.25) is 0 Å². The molecule has 0 bridgehead atoms. The van der Waals surface area contributed by atoms with Gasteiger partial charge in [0, 0.05) is 18.4 Å². The zero-order chi connectivity index (χ0) is 10.2. The minimum absolute atomic E-state index is 1.21. The molecule has 0 aliphatic heterocycles. The largest absolute Gasteiger partial charge is 0.351 e. The fourth-order valence-electron chi connectivity index (χ4n) is 1.86. The molecule has 0 saturated carbocycles. The maximum absolute atomic E-state index is 2.42. The van der Waals surface area contributed by atoms with Crippen LogP contribution in [0.15, 0.2) is 18.3 Å². The van der Waals surface area contributed by atoms with Crippen LogP contribution in [0.5, 0.6) is 0 Å². The Morgan fingerprint density at radius 1 is 1.07 bits per heavy atom. The van der Waals surface area contributed by atoms with Crippen LogP contribution in [0.4, 0.5) is 0 Å². The minimum atomic E-state index is 1.21. The van der Waals surface area contributed by atoms with Crippen LogP contribution < -0.4 is 0 Å². The molecule has 0 unspecified atom stereocenters. The second-order valence-electron chi connectivity index (χ2n) is 4.00. The molecule has 0 N–H and O–H groups in total. The van der Waals surface area contributed by atoms with E-state index in [9.17, 15) is 0 Å². The van der Waals surface area contributed by atoms with Gasteiger partial charge in [0.1, 0.15) is 0 Å². The van der Waals surface area contributed by atoms with Gasteiger partial charge in [-0.1, -0.05) is 39.5 Å². The molecule has 1 aromatic rings. The molecule has 0 aliphatic carbocycles. The monoisotopic (exact) mass is 193 g/mol. The third-order valence-corrected chi connectivity index (χ3v) is 2.68. The van der Waals surface area contributed by atoms with Crippen LogP contribution >= 0.6 is 0 Å². The predicted octanol–water partition coefficient (Wildman–Crippen LogP) is 4.02. The maximum atomic E-state index is 2.42. The number of hydrogen-bond donors (Lipinski definition) is 0. The highest BCUT2D eigenvalue weighted by atomic mass is 15.0. The molecule has 0 aromatic carbocycles. The van der Waals surface area contributed by atoms with Crippen LogP contribution in [0.25, 0.3) is 0 Å². The van der Waals surface area contributed by atoms with E-state index in [2.05, 4.69) is 36.7 Å². The van der Waals surface area contributed by atoms with Gasteiger partial charge in [0.2, 0.25) is 0 Å². The molecule has 1 aromatic heterocycles. The van der Waals surface area contributed by atoms with Crippen molar-refractivity contribution < 1.29 is 0 Å². The Balaban J connectivity index is 2.30. The molecule has 0 amide bonds. The van der Waals surface area contributed by atoms with E-state index in [1.165, 1.54) is 50.8 Å². The third kappa shape index (κ3) is 3.57. The Labute approximate surface area is 88.1 Å². The summed E-state index contributed by atoms with van der Waals surface area (Å²) in [4.78, 5) is 0. The van der Waals surface area contributed by atoms with Gasteiger partial charge in [-0.25, -0.2) is 0 Å². The van der Waals surface area contributed by atoms with Gasteiger partial charge in [0.05, 0.1) is 0 Å². The van der Waals surface area contributed by atoms with Crippen LogP contribution in [0, 0.1) is 0 Å². The van der Waals surface area contributed by atoms with Gasteiger partial charge in [0.15, 0.2) is 0 Å². The van der Waals surface area contributed by atoms with Crippen molar-refractivity contribution in [1.29, 1.82) is 0 Å². The van der Waals surface area contributed by atoms with E-state index in [1.807, 2.05) is 0 Å². The Bertz CT molecular complexity index is 237. The van der Waals surface area contributed by atoms with Gasteiger partial charge >= 0.3 is 0 Å². The van der Waals surface area contributed by atoms with Crippen molar-refractivity contribution in [2.45, 2.75) is 58.9 Å². The van der Waals surface area contributed by atoms with Crippen LogP contribution in [-0.2, 0) is 13.0 Å². The lowest BCUT2D eigenvalue weighted by Gasteiger charge is -2.07. The highest BCUT2D eigenvalue weighted by Crippen LogP contribution is 2.08. The van der Waals surface area contributed by atoms with Gasteiger partial charge in [-0.3, -0.25) is 0 Å². The summed E-state index contributed by atoms with van der Waals surface area (Å²) in [6.45, 7) is 5.72. The Kier molecular flexibility index (Phi) is 5.43. The molecule has 1 heterocycles. The van der Waals surface area contributed by atoms with Crippen molar-refractivity contribution in [3.63, 3.8) is 0 Å². The molecular weight excluding hydrogens is 170 g/mol. The summed E-state index contributed by atoms with van der Waals surface area (Å²) in [5.41, 5.74) is 1.50. The smallest absolute Gasteiger partial charge is 0.0222 e. The number of nitrogens with zero attached hydrogens (tertiary/aromatic N) is 1. The fraction of sp³-hybridized carbons (Fsp3) is 0.692. The molecular formula is C13H23N. The van der Waals surface area contributed by atoms with Gasteiger partial charge in [-0.15, -0.1) is 0 Å². The van der Waals surface area contributed by atoms with E-state index in [0.717, 1.165) is 0 Å². The zero-order valence-corrected chi connectivity index (χ0v) is 9.63. The summed E-state index contributed by atoms with van der Waals surface area (Å²) in [7, 11) is 0. The van der Waals surface area contributed by atoms with Crippen molar-refractivity contribution in [3.05, 3.63) is 24.0 Å². The Hall–Kier alpha value is -0.720. The first-order valence-electron chi connectivity index (χ1n) is 6.02. The SMILES string of the molecule is CCCCCCn1cccc1CCC. The molecule has 1 heteroatoms. The summed E-state index contributed by atoms with van der Waals surface area (Å²) >= 11 is 0. The molecule has 14 heavy (non-hydrogen) atoms. The average molecular weight is 193 g/mol. The molecule has 0 radical (unpaired) electrons. The molecule has 0 saturated heterocycles. The number of aryl methyl sites for hydroxylation is 2. The van der Waals surface area contributed by atoms with E-state index in [4.69, 9.17) is 0 Å². The number of aromatic nitrogens is 1. The van der Waals surface area contributed by atoms with Crippen molar-refractivity contribution >= 4 is 0 Å². The molecule has 1 nitrogen and oxygen atoms in total. The van der Waals surface area contributed by atoms with Crippen molar-refractivity contribution in [1.82, 2.24) is 4.57 Å². The highest BCUT2D eigenvalue weighted by molar-refractivity contribution is 5.07. The first-order chi connectivity index (χ1) is 6.88. The molecule has 0 atom stereocenters. The Morgan fingerprint density at radius 3 is 2.64 bits per heavy atom. The van der Waals surface area contributed by atoms with Crippen LogP contribution in [-0.4, -0.2) is 4.57 Å². The topological polar surface area (TPSA) is 4.93 Å². The molecule has 80 valence electrons. The third-order valence-electron chi connectivity index (χ3n) is 2.68. The number of rotatable bonds is 7. The summed E-state index contributed by atoms with van der Waals surface area (Å²) in [6, 6.07) is 4.42. The number of hydrogen-bond acceptors (Lipinski definition) is 0. The lowest BCUT2D eigenvalue weighted by molar-refractivity contribution is 0.567. The molecule has 0 spiro atoms. The van der Waals surface area contributed by atoms with Gasteiger partial charge < -0.3 is 4.57 Å². The fourth-order valence-corrected chi connectivity index (χ4v) is 1.86. The van der Waals surface area contributed by atoms with E-state index in [1.54, 1.807) is 0 Å². The van der Waals surface area contributed by atoms with E-state index in [-0.39, 0.29) is 0 Å². The Morgan fingerprint density at radius 2 is 1.93 bits per heavy atom. The summed E-state index contributed by atoms with van der Waals surface area (Å²) in [5, 5.41) is 0. The lowest BCUT2D eigenvalue weighted by Crippen LogP contribution is -2.01. The van der Waals surface area contributed by atoms with Gasteiger partial charge in [-0.05, 0) is 25.0 Å². The minimum Gasteiger partial charge on any atom is -0.351 e. The van der Waals surface area contributed by atoms with Crippen LogP contribution in [0.1, 0.15) is 51.6 Å². The van der Waals surface area contributed by atoms with E-state index in [0.29, 0.717) is 0 Å². The maximum Gasteiger partial charge on any atom is 0.0222 e. The standard InChI is InChI=1S/C13H23N/c1-3-5-6-7-11-14-12-8-10-13(14)9-4-2/h8,10,12H,3-7,9,11H2,1-2H3. The number of unbranched alkanes of at least 4 members (excludes halogenated alkanes) is 3. The van der Waals surface area contributed by atoms with Crippen molar-refractivity contribution in [2.75, 3.05) is 0 Å². The molecule has 1 rings (SSSR count). The average Bonchev–Trinajstić information content (AvgIpc) is 2.61. The van der Waals surface area contributed by atoms with E-state index < -0.39 is 0 Å². The zero-order valence-electron chi connectivity index (χ0n) is 9.63. The summed E-state index contributed by atoms with van der Waals surface area (Å²) in [6.07, 6.45) is 10.1. The molecule has 0 fully saturated rings. The highest BCUT2D eigenvalue weighted by Gasteiger charge is 1.98. The normalized spacial score (nSPS) is 10.7. The summed E-state index contributed by atoms with van der Waals surface area (Å²) < 4.78 is 2.42. The quantitative estimate of drug-likeness (QED) is 0.576. The van der Waals surface area contributed by atoms with E-state index >= 15 is 0 Å². The first-order valence-corrected chi connectivity index (χ1v) is 6.02. The van der Waals surface area contributed by atoms with Crippen LogP contribution in [0.3, 0.4) is 0 Å². The van der Waals surface area contributed by atoms with Crippen molar-refractivity contribution in [2.24, 2.45) is 0 Å². The van der Waals surface area contributed by atoms with Gasteiger partial charge in [0.25, 0.3) is 0 Å². The second-order valence-corrected chi connectivity index (χ2v) is 4.00.